The summed E-state index contributed by atoms with van der Waals surface area (Å²) in [5.41, 5.74) is 0. The molecule has 1 aromatic heterocycles. The van der Waals surface area contributed by atoms with Crippen LogP contribution >= 0.6 is 34.7 Å². The number of anilines is 1. The molecule has 0 bridgehead atoms. The van der Waals surface area contributed by atoms with Crippen LogP contribution in [0, 0.1) is 0 Å². The first-order valence-corrected chi connectivity index (χ1v) is 9.05. The van der Waals surface area contributed by atoms with Crippen molar-refractivity contribution in [3.63, 3.8) is 0 Å². The van der Waals surface area contributed by atoms with E-state index in [1.807, 2.05) is 0 Å². The second kappa shape index (κ2) is 9.45. The predicted molar refractivity (Wildman–Crippen MR) is 92.8 cm³/mol. The summed E-state index contributed by atoms with van der Waals surface area (Å²) in [6.07, 6.45) is 0. The third kappa shape index (κ3) is 6.34. The van der Waals surface area contributed by atoms with Crippen molar-refractivity contribution in [1.29, 1.82) is 0 Å². The number of halogens is 1. The fourth-order valence-corrected chi connectivity index (χ4v) is 3.25. The summed E-state index contributed by atoms with van der Waals surface area (Å²) in [7, 11) is 0. The van der Waals surface area contributed by atoms with E-state index in [1.54, 1.807) is 31.2 Å². The minimum atomic E-state index is -0.368. The number of hydrogen-bond donors (Lipinski definition) is 1. The van der Waals surface area contributed by atoms with Crippen LogP contribution in [-0.2, 0) is 14.3 Å². The molecule has 0 radical (unpaired) electrons. The highest BCUT2D eigenvalue weighted by molar-refractivity contribution is 8.01. The van der Waals surface area contributed by atoms with Gasteiger partial charge in [0.25, 0.3) is 5.91 Å². The first-order valence-electron chi connectivity index (χ1n) is 6.87. The van der Waals surface area contributed by atoms with Gasteiger partial charge in [-0.15, -0.1) is 10.2 Å². The highest BCUT2D eigenvalue weighted by Gasteiger charge is 2.11. The summed E-state index contributed by atoms with van der Waals surface area (Å²) < 4.78 is 10.7. The Morgan fingerprint density at radius 3 is 2.96 bits per heavy atom. The number of aromatic nitrogens is 2. The first-order chi connectivity index (χ1) is 11.6. The van der Waals surface area contributed by atoms with Crippen molar-refractivity contribution in [2.75, 3.05) is 24.3 Å². The zero-order chi connectivity index (χ0) is 17.4. The average molecular weight is 388 g/mol. The van der Waals surface area contributed by atoms with Crippen LogP contribution in [0.5, 0.6) is 5.75 Å². The van der Waals surface area contributed by atoms with Gasteiger partial charge in [-0.3, -0.25) is 14.9 Å². The number of esters is 1. The van der Waals surface area contributed by atoms with Crippen molar-refractivity contribution < 1.29 is 19.1 Å². The molecule has 0 unspecified atom stereocenters. The maximum atomic E-state index is 11.8. The van der Waals surface area contributed by atoms with E-state index in [4.69, 9.17) is 21.1 Å². The largest absolute Gasteiger partial charge is 0.484 e. The van der Waals surface area contributed by atoms with Crippen LogP contribution in [0.15, 0.2) is 28.6 Å². The normalized spacial score (nSPS) is 10.2. The molecule has 1 heterocycles. The molecule has 2 aromatic rings. The molecule has 7 nitrogen and oxygen atoms in total. The van der Waals surface area contributed by atoms with Crippen LogP contribution in [0.2, 0.25) is 5.02 Å². The van der Waals surface area contributed by atoms with E-state index < -0.39 is 0 Å². The molecule has 0 saturated heterocycles. The molecule has 0 aliphatic carbocycles. The number of rotatable bonds is 8. The molecule has 10 heteroatoms. The van der Waals surface area contributed by atoms with E-state index in [9.17, 15) is 9.59 Å². The molecule has 0 aliphatic rings. The fraction of sp³-hybridized carbons (Fsp3) is 0.286. The van der Waals surface area contributed by atoms with Gasteiger partial charge < -0.3 is 9.47 Å². The third-order valence-electron chi connectivity index (χ3n) is 2.44. The van der Waals surface area contributed by atoms with Gasteiger partial charge in [0.05, 0.1) is 12.4 Å². The number of nitrogens with one attached hydrogen (secondary N) is 1. The van der Waals surface area contributed by atoms with Gasteiger partial charge in [-0.1, -0.05) is 40.8 Å². The molecule has 1 aromatic carbocycles. The van der Waals surface area contributed by atoms with E-state index in [2.05, 4.69) is 15.5 Å². The molecule has 2 rings (SSSR count). The Balaban J connectivity index is 1.77. The quantitative estimate of drug-likeness (QED) is 0.423. The van der Waals surface area contributed by atoms with E-state index in [1.165, 1.54) is 23.1 Å². The Kier molecular flexibility index (Phi) is 7.29. The van der Waals surface area contributed by atoms with Gasteiger partial charge in [0, 0.05) is 5.02 Å². The standard InChI is InChI=1S/C14H14ClN3O4S2/c1-2-21-12(20)8-23-14-18-17-13(24-14)16-11(19)7-22-10-5-3-4-9(15)6-10/h3-6H,2,7-8H2,1H3,(H,16,17,19). The van der Waals surface area contributed by atoms with Gasteiger partial charge in [-0.25, -0.2) is 0 Å². The number of ether oxygens (including phenoxy) is 2. The lowest BCUT2D eigenvalue weighted by Crippen LogP contribution is -2.20. The maximum absolute atomic E-state index is 11.8. The molecule has 0 aliphatic heterocycles. The highest BCUT2D eigenvalue weighted by atomic mass is 35.5. The van der Waals surface area contributed by atoms with Crippen LogP contribution in [-0.4, -0.2) is 41.0 Å². The molecule has 0 spiro atoms. The third-order valence-corrected chi connectivity index (χ3v) is 4.62. The first kappa shape index (κ1) is 18.5. The van der Waals surface area contributed by atoms with E-state index in [0.717, 1.165) is 0 Å². The van der Waals surface area contributed by atoms with Crippen LogP contribution < -0.4 is 10.1 Å². The van der Waals surface area contributed by atoms with E-state index in [-0.39, 0.29) is 24.2 Å². The van der Waals surface area contributed by atoms with Gasteiger partial charge in [0.2, 0.25) is 5.13 Å². The van der Waals surface area contributed by atoms with Gasteiger partial charge in [-0.05, 0) is 25.1 Å². The van der Waals surface area contributed by atoms with Gasteiger partial charge in [-0.2, -0.15) is 0 Å². The summed E-state index contributed by atoms with van der Waals surface area (Å²) in [4.78, 5) is 23.1. The minimum absolute atomic E-state index is 0.147. The Hall–Kier alpha value is -1.84. The van der Waals surface area contributed by atoms with Crippen molar-refractivity contribution in [2.24, 2.45) is 0 Å². The Bertz CT molecular complexity index is 711. The number of carbonyl (C=O) groups excluding carboxylic acids is 2. The smallest absolute Gasteiger partial charge is 0.316 e. The average Bonchev–Trinajstić information content (AvgIpc) is 2.99. The van der Waals surface area contributed by atoms with Crippen molar-refractivity contribution in [3.8, 4) is 5.75 Å². The van der Waals surface area contributed by atoms with E-state index >= 15 is 0 Å². The SMILES string of the molecule is CCOC(=O)CSc1nnc(NC(=O)COc2cccc(Cl)c2)s1. The molecule has 128 valence electrons. The molecule has 0 saturated carbocycles. The Morgan fingerprint density at radius 2 is 2.21 bits per heavy atom. The molecular formula is C14H14ClN3O4S2. The summed E-state index contributed by atoms with van der Waals surface area (Å²) in [6.45, 7) is 1.90. The van der Waals surface area contributed by atoms with Crippen molar-refractivity contribution >= 4 is 51.7 Å². The Morgan fingerprint density at radius 1 is 1.38 bits per heavy atom. The molecule has 0 fully saturated rings. The minimum Gasteiger partial charge on any atom is -0.484 e. The number of nitrogens with zero attached hydrogens (tertiary/aromatic N) is 2. The number of amides is 1. The van der Waals surface area contributed by atoms with E-state index in [0.29, 0.717) is 26.9 Å². The lowest BCUT2D eigenvalue weighted by molar-refractivity contribution is -0.139. The van der Waals surface area contributed by atoms with Gasteiger partial charge in [0.15, 0.2) is 10.9 Å². The summed E-state index contributed by atoms with van der Waals surface area (Å²) in [6, 6.07) is 6.76. The number of carbonyl (C=O) groups is 2. The van der Waals surface area contributed by atoms with Crippen molar-refractivity contribution in [1.82, 2.24) is 10.2 Å². The topological polar surface area (TPSA) is 90.4 Å². The van der Waals surface area contributed by atoms with Crippen LogP contribution in [0.3, 0.4) is 0 Å². The van der Waals surface area contributed by atoms with Crippen molar-refractivity contribution in [2.45, 2.75) is 11.3 Å². The lowest BCUT2D eigenvalue weighted by atomic mass is 10.3. The maximum Gasteiger partial charge on any atom is 0.316 e. The zero-order valence-electron chi connectivity index (χ0n) is 12.7. The summed E-state index contributed by atoms with van der Waals surface area (Å²) in [5.74, 6) is -0.0410. The van der Waals surface area contributed by atoms with Crippen molar-refractivity contribution in [3.05, 3.63) is 29.3 Å². The lowest BCUT2D eigenvalue weighted by Gasteiger charge is -2.05. The fourth-order valence-electron chi connectivity index (χ4n) is 1.50. The summed E-state index contributed by atoms with van der Waals surface area (Å²) in [5, 5.41) is 11.2. The van der Waals surface area contributed by atoms with Gasteiger partial charge >= 0.3 is 5.97 Å². The molecular weight excluding hydrogens is 374 g/mol. The monoisotopic (exact) mass is 387 g/mol. The number of thioether (sulfide) groups is 1. The second-order valence-electron chi connectivity index (χ2n) is 4.26. The second-order valence-corrected chi connectivity index (χ2v) is 6.90. The Labute approximate surface area is 151 Å². The summed E-state index contributed by atoms with van der Waals surface area (Å²) >= 11 is 8.20. The molecule has 24 heavy (non-hydrogen) atoms. The highest BCUT2D eigenvalue weighted by Crippen LogP contribution is 2.25. The van der Waals surface area contributed by atoms with Gasteiger partial charge in [0.1, 0.15) is 5.75 Å². The van der Waals surface area contributed by atoms with Crippen LogP contribution in [0.1, 0.15) is 6.92 Å². The molecule has 1 N–H and O–H groups in total. The zero-order valence-corrected chi connectivity index (χ0v) is 15.0. The number of benzene rings is 1. The molecule has 1 amide bonds. The molecule has 0 atom stereocenters. The number of hydrogen-bond acceptors (Lipinski definition) is 8. The van der Waals surface area contributed by atoms with Crippen LogP contribution in [0.25, 0.3) is 0 Å². The predicted octanol–water partition coefficient (Wildman–Crippen LogP) is 2.86. The van der Waals surface area contributed by atoms with Crippen LogP contribution in [0.4, 0.5) is 5.13 Å².